The van der Waals surface area contributed by atoms with Gasteiger partial charge in [0, 0.05) is 5.56 Å². The van der Waals surface area contributed by atoms with Crippen molar-refractivity contribution in [1.29, 1.82) is 0 Å². The van der Waals surface area contributed by atoms with E-state index in [0.29, 0.717) is 11.8 Å². The van der Waals surface area contributed by atoms with Crippen LogP contribution in [-0.4, -0.2) is 19.6 Å². The van der Waals surface area contributed by atoms with Gasteiger partial charge < -0.3 is 0 Å². The van der Waals surface area contributed by atoms with Crippen LogP contribution in [0.4, 0.5) is 17.6 Å². The molecule has 0 aliphatic heterocycles. The minimum absolute atomic E-state index is 0.0432. The lowest BCUT2D eigenvalue weighted by atomic mass is 10.0. The number of rotatable bonds is 2. The molecule has 3 rings (SSSR count). The Labute approximate surface area is 126 Å². The lowest BCUT2D eigenvalue weighted by Crippen LogP contribution is -2.09. The van der Waals surface area contributed by atoms with E-state index in [-0.39, 0.29) is 22.9 Å². The van der Waals surface area contributed by atoms with Crippen molar-refractivity contribution in [2.75, 3.05) is 0 Å². The standard InChI is InChI=1S/C13H7ClF4N4/c14-4-8-6-22-12(20-8)19-5-11(21-22)9-2-1-7(15)3-10(9)13(16,17)18/h1-3,5-6H,4H2. The lowest BCUT2D eigenvalue weighted by molar-refractivity contribution is -0.137. The van der Waals surface area contributed by atoms with Crippen molar-refractivity contribution in [2.45, 2.75) is 12.1 Å². The maximum atomic E-state index is 13.1. The van der Waals surface area contributed by atoms with Crippen molar-refractivity contribution >= 4 is 17.4 Å². The molecule has 2 heterocycles. The molecule has 2 aromatic heterocycles. The van der Waals surface area contributed by atoms with Crippen LogP contribution in [0.25, 0.3) is 17.0 Å². The van der Waals surface area contributed by atoms with E-state index >= 15 is 0 Å². The van der Waals surface area contributed by atoms with Crippen LogP contribution in [0.1, 0.15) is 11.3 Å². The normalized spacial score (nSPS) is 12.0. The molecule has 0 unspecified atom stereocenters. The second-order valence-electron chi connectivity index (χ2n) is 4.44. The summed E-state index contributed by atoms with van der Waals surface area (Å²) in [4.78, 5) is 7.97. The van der Waals surface area contributed by atoms with Crippen molar-refractivity contribution in [1.82, 2.24) is 19.6 Å². The third-order valence-corrected chi connectivity index (χ3v) is 3.21. The molecule has 22 heavy (non-hydrogen) atoms. The third kappa shape index (κ3) is 2.61. The van der Waals surface area contributed by atoms with Crippen molar-refractivity contribution in [2.24, 2.45) is 0 Å². The molecule has 3 aromatic rings. The molecule has 0 saturated heterocycles. The first-order chi connectivity index (χ1) is 10.4. The molecule has 0 amide bonds. The molecule has 0 atom stereocenters. The lowest BCUT2D eigenvalue weighted by Gasteiger charge is -2.12. The Morgan fingerprint density at radius 2 is 2.00 bits per heavy atom. The van der Waals surface area contributed by atoms with Crippen LogP contribution in [0.2, 0.25) is 0 Å². The summed E-state index contributed by atoms with van der Waals surface area (Å²) < 4.78 is 53.5. The fourth-order valence-corrected chi connectivity index (χ4v) is 2.12. The summed E-state index contributed by atoms with van der Waals surface area (Å²) in [6.45, 7) is 0. The number of halogens is 5. The number of fused-ring (bicyclic) bond motifs is 1. The van der Waals surface area contributed by atoms with Crippen molar-refractivity contribution in [3.63, 3.8) is 0 Å². The van der Waals surface area contributed by atoms with Gasteiger partial charge in [0.1, 0.15) is 11.5 Å². The maximum Gasteiger partial charge on any atom is 0.417 e. The predicted octanol–water partition coefficient (Wildman–Crippen LogP) is 3.69. The molecule has 0 radical (unpaired) electrons. The van der Waals surface area contributed by atoms with Gasteiger partial charge in [-0.1, -0.05) is 0 Å². The van der Waals surface area contributed by atoms with Gasteiger partial charge in [0.05, 0.1) is 29.5 Å². The van der Waals surface area contributed by atoms with Gasteiger partial charge in [-0.05, 0) is 18.2 Å². The molecule has 114 valence electrons. The minimum Gasteiger partial charge on any atom is -0.217 e. The van der Waals surface area contributed by atoms with Gasteiger partial charge in [0.25, 0.3) is 5.78 Å². The van der Waals surface area contributed by atoms with Crippen LogP contribution in [0.5, 0.6) is 0 Å². The second-order valence-corrected chi connectivity index (χ2v) is 4.71. The van der Waals surface area contributed by atoms with Gasteiger partial charge in [-0.3, -0.25) is 0 Å². The van der Waals surface area contributed by atoms with Gasteiger partial charge in [0.15, 0.2) is 0 Å². The van der Waals surface area contributed by atoms with Crippen molar-refractivity contribution in [3.05, 3.63) is 47.7 Å². The van der Waals surface area contributed by atoms with Crippen LogP contribution in [-0.2, 0) is 12.1 Å². The fraction of sp³-hybridized carbons (Fsp3) is 0.154. The highest BCUT2D eigenvalue weighted by molar-refractivity contribution is 6.16. The quantitative estimate of drug-likeness (QED) is 0.531. The Hall–Kier alpha value is -2.22. The van der Waals surface area contributed by atoms with E-state index in [1.807, 2.05) is 0 Å². The number of alkyl halides is 4. The number of hydrogen-bond acceptors (Lipinski definition) is 3. The molecule has 0 fully saturated rings. The summed E-state index contributed by atoms with van der Waals surface area (Å²) in [5.74, 6) is -0.628. The minimum atomic E-state index is -4.70. The Morgan fingerprint density at radius 1 is 1.23 bits per heavy atom. The monoisotopic (exact) mass is 330 g/mol. The van der Waals surface area contributed by atoms with Gasteiger partial charge >= 0.3 is 6.18 Å². The number of hydrogen-bond donors (Lipinski definition) is 0. The number of aromatic nitrogens is 4. The molecule has 0 bridgehead atoms. The Bertz CT molecular complexity index is 844. The largest absolute Gasteiger partial charge is 0.417 e. The van der Waals surface area contributed by atoms with Crippen LogP contribution in [0.3, 0.4) is 0 Å². The molecular weight excluding hydrogens is 324 g/mol. The maximum absolute atomic E-state index is 13.1. The highest BCUT2D eigenvalue weighted by Gasteiger charge is 2.34. The van der Waals surface area contributed by atoms with Crippen LogP contribution in [0, 0.1) is 5.82 Å². The molecule has 9 heteroatoms. The zero-order chi connectivity index (χ0) is 15.9. The van der Waals surface area contributed by atoms with Gasteiger partial charge in [0.2, 0.25) is 0 Å². The third-order valence-electron chi connectivity index (χ3n) is 2.94. The summed E-state index contributed by atoms with van der Waals surface area (Å²) in [6.07, 6.45) is -2.08. The first-order valence-electron chi connectivity index (χ1n) is 6.03. The van der Waals surface area contributed by atoms with Crippen molar-refractivity contribution in [3.8, 4) is 11.3 Å². The zero-order valence-electron chi connectivity index (χ0n) is 10.8. The summed E-state index contributed by atoms with van der Waals surface area (Å²) >= 11 is 5.64. The Morgan fingerprint density at radius 3 is 2.68 bits per heavy atom. The molecule has 0 N–H and O–H groups in total. The predicted molar refractivity (Wildman–Crippen MR) is 70.7 cm³/mol. The van der Waals surface area contributed by atoms with Gasteiger partial charge in [-0.15, -0.1) is 11.6 Å². The average molecular weight is 331 g/mol. The molecule has 0 saturated carbocycles. The average Bonchev–Trinajstić information content (AvgIpc) is 2.88. The van der Waals surface area contributed by atoms with E-state index in [0.717, 1.165) is 18.3 Å². The first kappa shape index (κ1) is 14.7. The molecule has 0 spiro atoms. The fourth-order valence-electron chi connectivity index (χ4n) is 1.99. The Kier molecular flexibility index (Phi) is 3.48. The van der Waals surface area contributed by atoms with Gasteiger partial charge in [-0.2, -0.15) is 18.3 Å². The van der Waals surface area contributed by atoms with E-state index in [1.165, 1.54) is 10.7 Å². The van der Waals surface area contributed by atoms with Crippen molar-refractivity contribution < 1.29 is 17.6 Å². The zero-order valence-corrected chi connectivity index (χ0v) is 11.5. The molecular formula is C13H7ClF4N4. The first-order valence-corrected chi connectivity index (χ1v) is 6.56. The molecule has 4 nitrogen and oxygen atoms in total. The Balaban J connectivity index is 2.18. The van der Waals surface area contributed by atoms with E-state index < -0.39 is 17.6 Å². The van der Waals surface area contributed by atoms with E-state index in [2.05, 4.69) is 15.1 Å². The van der Waals surface area contributed by atoms with Gasteiger partial charge in [-0.25, -0.2) is 18.9 Å². The van der Waals surface area contributed by atoms with E-state index in [9.17, 15) is 17.6 Å². The highest BCUT2D eigenvalue weighted by Crippen LogP contribution is 2.36. The topological polar surface area (TPSA) is 43.1 Å². The summed E-state index contributed by atoms with van der Waals surface area (Å²) in [7, 11) is 0. The number of imidazole rings is 1. The number of nitrogens with zero attached hydrogens (tertiary/aromatic N) is 4. The van der Waals surface area contributed by atoms with E-state index in [4.69, 9.17) is 11.6 Å². The van der Waals surface area contributed by atoms with E-state index in [1.54, 1.807) is 0 Å². The van der Waals surface area contributed by atoms with Crippen LogP contribution < -0.4 is 0 Å². The number of benzene rings is 1. The van der Waals surface area contributed by atoms with Crippen LogP contribution >= 0.6 is 11.6 Å². The molecule has 0 aliphatic carbocycles. The SMILES string of the molecule is Fc1ccc(-c2cnc3nc(CCl)cn3n2)c(C(F)(F)F)c1. The summed E-state index contributed by atoms with van der Waals surface area (Å²) in [5, 5.41) is 4.03. The molecule has 0 aliphatic rings. The smallest absolute Gasteiger partial charge is 0.217 e. The van der Waals surface area contributed by atoms with Crippen LogP contribution in [0.15, 0.2) is 30.6 Å². The summed E-state index contributed by atoms with van der Waals surface area (Å²) in [5.41, 5.74) is -0.921. The summed E-state index contributed by atoms with van der Waals surface area (Å²) in [6, 6.07) is 2.39. The second kappa shape index (κ2) is 5.20. The molecule has 1 aromatic carbocycles. The highest BCUT2D eigenvalue weighted by atomic mass is 35.5.